The first-order valence-electron chi connectivity index (χ1n) is 6.40. The highest BCUT2D eigenvalue weighted by molar-refractivity contribution is 7.99. The summed E-state index contributed by atoms with van der Waals surface area (Å²) in [5, 5.41) is 4.30. The Balaban J connectivity index is 1.89. The highest BCUT2D eigenvalue weighted by Crippen LogP contribution is 2.23. The zero-order chi connectivity index (χ0) is 13.5. The van der Waals surface area contributed by atoms with Crippen LogP contribution in [-0.4, -0.2) is 18.3 Å². The van der Waals surface area contributed by atoms with E-state index in [1.54, 1.807) is 6.26 Å². The molecule has 19 heavy (non-hydrogen) atoms. The van der Waals surface area contributed by atoms with Crippen LogP contribution in [0.4, 0.5) is 0 Å². The fourth-order valence-corrected chi connectivity index (χ4v) is 3.20. The van der Waals surface area contributed by atoms with E-state index in [1.807, 2.05) is 42.3 Å². The molecular formula is C15H18ClNOS. The predicted octanol–water partition coefficient (Wildman–Crippen LogP) is 4.25. The first kappa shape index (κ1) is 14.5. The Kier molecular flexibility index (Phi) is 5.83. The van der Waals surface area contributed by atoms with E-state index in [2.05, 4.69) is 18.3 Å². The summed E-state index contributed by atoms with van der Waals surface area (Å²) in [6, 6.07) is 10.5. The summed E-state index contributed by atoms with van der Waals surface area (Å²) in [5.74, 6) is 1.01. The zero-order valence-corrected chi connectivity index (χ0v) is 12.5. The quantitative estimate of drug-likeness (QED) is 0.773. The second-order valence-corrected chi connectivity index (χ2v) is 5.89. The molecule has 0 bridgehead atoms. The van der Waals surface area contributed by atoms with E-state index in [9.17, 15) is 0 Å². The fourth-order valence-electron chi connectivity index (χ4n) is 1.93. The minimum atomic E-state index is 0.437. The number of hydrogen-bond acceptors (Lipinski definition) is 3. The number of nitrogens with one attached hydrogen (secondary N) is 1. The third-order valence-electron chi connectivity index (χ3n) is 2.80. The smallest absolute Gasteiger partial charge is 0.0935 e. The molecule has 0 aliphatic carbocycles. The summed E-state index contributed by atoms with van der Waals surface area (Å²) in [4.78, 5) is 1.21. The molecule has 0 radical (unpaired) electrons. The molecule has 1 atom stereocenters. The summed E-state index contributed by atoms with van der Waals surface area (Å²) in [6.07, 6.45) is 4.52. The van der Waals surface area contributed by atoms with Gasteiger partial charge in [0, 0.05) is 21.7 Å². The van der Waals surface area contributed by atoms with E-state index in [0.29, 0.717) is 6.04 Å². The lowest BCUT2D eigenvalue weighted by molar-refractivity contribution is 0.547. The molecular weight excluding hydrogens is 278 g/mol. The van der Waals surface area contributed by atoms with Crippen molar-refractivity contribution in [2.45, 2.75) is 24.3 Å². The van der Waals surface area contributed by atoms with Gasteiger partial charge in [-0.05, 0) is 42.8 Å². The van der Waals surface area contributed by atoms with E-state index < -0.39 is 0 Å². The van der Waals surface area contributed by atoms with Crippen molar-refractivity contribution in [3.05, 3.63) is 53.4 Å². The minimum absolute atomic E-state index is 0.437. The molecule has 2 nitrogen and oxygen atoms in total. The van der Waals surface area contributed by atoms with Crippen LogP contribution in [0, 0.1) is 0 Å². The van der Waals surface area contributed by atoms with Gasteiger partial charge in [-0.25, -0.2) is 0 Å². The fraction of sp³-hybridized carbons (Fsp3) is 0.333. The van der Waals surface area contributed by atoms with Gasteiger partial charge in [-0.1, -0.05) is 24.6 Å². The molecule has 4 heteroatoms. The topological polar surface area (TPSA) is 25.2 Å². The molecule has 0 aliphatic rings. The summed E-state index contributed by atoms with van der Waals surface area (Å²) < 4.78 is 5.12. The summed E-state index contributed by atoms with van der Waals surface area (Å²) in [5.41, 5.74) is 1.23. The molecule has 0 spiro atoms. The largest absolute Gasteiger partial charge is 0.472 e. The van der Waals surface area contributed by atoms with Crippen LogP contribution in [0.15, 0.2) is 52.2 Å². The van der Waals surface area contributed by atoms with E-state index in [1.165, 1.54) is 10.5 Å². The monoisotopic (exact) mass is 295 g/mol. The molecule has 2 rings (SSSR count). The lowest BCUT2D eigenvalue weighted by Crippen LogP contribution is -2.33. The van der Waals surface area contributed by atoms with Crippen molar-refractivity contribution in [3.63, 3.8) is 0 Å². The van der Waals surface area contributed by atoms with Crippen molar-refractivity contribution in [2.75, 3.05) is 12.3 Å². The zero-order valence-electron chi connectivity index (χ0n) is 10.9. The second-order valence-electron chi connectivity index (χ2n) is 4.36. The summed E-state index contributed by atoms with van der Waals surface area (Å²) >= 11 is 7.82. The van der Waals surface area contributed by atoms with Crippen LogP contribution in [-0.2, 0) is 6.42 Å². The first-order valence-corrected chi connectivity index (χ1v) is 7.77. The highest BCUT2D eigenvalue weighted by Gasteiger charge is 2.10. The van der Waals surface area contributed by atoms with Crippen LogP contribution in [0.1, 0.15) is 12.5 Å². The van der Waals surface area contributed by atoms with Crippen LogP contribution in [0.25, 0.3) is 0 Å². The van der Waals surface area contributed by atoms with Crippen LogP contribution < -0.4 is 5.32 Å². The average Bonchev–Trinajstić information content (AvgIpc) is 2.89. The Morgan fingerprint density at radius 3 is 2.95 bits per heavy atom. The molecule has 1 N–H and O–H groups in total. The summed E-state index contributed by atoms with van der Waals surface area (Å²) in [7, 11) is 0. The Hall–Kier alpha value is -0.900. The number of rotatable bonds is 7. The number of likely N-dealkylation sites (N-methyl/N-ethyl adjacent to an activating group) is 1. The van der Waals surface area contributed by atoms with Crippen molar-refractivity contribution < 1.29 is 4.42 Å². The van der Waals surface area contributed by atoms with E-state index in [0.717, 1.165) is 23.7 Å². The number of thioether (sulfide) groups is 1. The maximum atomic E-state index is 6.00. The Morgan fingerprint density at radius 2 is 2.26 bits per heavy atom. The Bertz CT molecular complexity index is 487. The van der Waals surface area contributed by atoms with Crippen LogP contribution in [0.3, 0.4) is 0 Å². The molecule has 102 valence electrons. The van der Waals surface area contributed by atoms with Gasteiger partial charge in [0.25, 0.3) is 0 Å². The van der Waals surface area contributed by atoms with Gasteiger partial charge in [0.2, 0.25) is 0 Å². The average molecular weight is 296 g/mol. The number of furan rings is 1. The van der Waals surface area contributed by atoms with Crippen LogP contribution in [0.5, 0.6) is 0 Å². The van der Waals surface area contributed by atoms with Gasteiger partial charge in [-0.3, -0.25) is 0 Å². The third kappa shape index (κ3) is 4.94. The maximum absolute atomic E-state index is 6.00. The second kappa shape index (κ2) is 7.63. The van der Waals surface area contributed by atoms with Gasteiger partial charge < -0.3 is 9.73 Å². The van der Waals surface area contributed by atoms with Gasteiger partial charge in [0.1, 0.15) is 0 Å². The lowest BCUT2D eigenvalue weighted by atomic mass is 10.1. The van der Waals surface area contributed by atoms with Gasteiger partial charge in [-0.15, -0.1) is 11.8 Å². The maximum Gasteiger partial charge on any atom is 0.0935 e. The Morgan fingerprint density at radius 1 is 1.37 bits per heavy atom. The third-order valence-corrected chi connectivity index (χ3v) is 4.19. The van der Waals surface area contributed by atoms with Crippen LogP contribution >= 0.6 is 23.4 Å². The van der Waals surface area contributed by atoms with Gasteiger partial charge in [-0.2, -0.15) is 0 Å². The lowest BCUT2D eigenvalue weighted by Gasteiger charge is -2.16. The van der Waals surface area contributed by atoms with E-state index >= 15 is 0 Å². The van der Waals surface area contributed by atoms with E-state index in [4.69, 9.17) is 16.0 Å². The van der Waals surface area contributed by atoms with Gasteiger partial charge >= 0.3 is 0 Å². The minimum Gasteiger partial charge on any atom is -0.472 e. The van der Waals surface area contributed by atoms with Crippen molar-refractivity contribution in [3.8, 4) is 0 Å². The number of benzene rings is 1. The van der Waals surface area contributed by atoms with Gasteiger partial charge in [0.05, 0.1) is 12.5 Å². The molecule has 0 aliphatic heterocycles. The molecule has 1 aromatic carbocycles. The molecule has 1 heterocycles. The normalized spacial score (nSPS) is 12.5. The molecule has 0 amide bonds. The highest BCUT2D eigenvalue weighted by atomic mass is 35.5. The van der Waals surface area contributed by atoms with Crippen LogP contribution in [0.2, 0.25) is 5.02 Å². The van der Waals surface area contributed by atoms with Gasteiger partial charge in [0.15, 0.2) is 0 Å². The van der Waals surface area contributed by atoms with Crippen molar-refractivity contribution >= 4 is 23.4 Å². The SMILES string of the molecule is CCNC(CSc1cccc(Cl)c1)Cc1ccoc1. The van der Waals surface area contributed by atoms with Crippen molar-refractivity contribution in [1.29, 1.82) is 0 Å². The van der Waals surface area contributed by atoms with E-state index in [-0.39, 0.29) is 0 Å². The first-order chi connectivity index (χ1) is 9.28. The number of hydrogen-bond donors (Lipinski definition) is 1. The predicted molar refractivity (Wildman–Crippen MR) is 82.1 cm³/mol. The molecule has 0 fully saturated rings. The number of halogens is 1. The molecule has 1 aromatic heterocycles. The standard InChI is InChI=1S/C15H18ClNOS/c1-2-17-14(8-12-6-7-18-10-12)11-19-15-5-3-4-13(16)9-15/h3-7,9-10,14,17H,2,8,11H2,1H3. The molecule has 1 unspecified atom stereocenters. The summed E-state index contributed by atoms with van der Waals surface area (Å²) in [6.45, 7) is 3.10. The Labute approximate surface area is 123 Å². The molecule has 0 saturated heterocycles. The molecule has 0 saturated carbocycles. The molecule has 2 aromatic rings. The van der Waals surface area contributed by atoms with Crippen molar-refractivity contribution in [1.82, 2.24) is 5.32 Å². The van der Waals surface area contributed by atoms with Crippen molar-refractivity contribution in [2.24, 2.45) is 0 Å².